The molecule has 92 valence electrons. The van der Waals surface area contributed by atoms with E-state index in [4.69, 9.17) is 4.74 Å². The van der Waals surface area contributed by atoms with Crippen molar-refractivity contribution in [1.82, 2.24) is 5.32 Å². The van der Waals surface area contributed by atoms with Crippen LogP contribution in [0.1, 0.15) is 30.4 Å². The predicted octanol–water partition coefficient (Wildman–Crippen LogP) is 2.41. The van der Waals surface area contributed by atoms with Gasteiger partial charge in [0.25, 0.3) is 0 Å². The van der Waals surface area contributed by atoms with E-state index in [-0.39, 0.29) is 5.41 Å². The Morgan fingerprint density at radius 1 is 1.24 bits per heavy atom. The standard InChI is InChI=1S/C15H21NO/c1-12-6-2-3-7-13(12)15(10-17-11-15)14-8-4-5-9-16-14/h2-3,6-7,14,16H,4-5,8-11H2,1H3. The summed E-state index contributed by atoms with van der Waals surface area (Å²) in [7, 11) is 0. The number of hydrogen-bond donors (Lipinski definition) is 1. The second-order valence-electron chi connectivity index (χ2n) is 5.47. The molecular formula is C15H21NO. The van der Waals surface area contributed by atoms with Crippen molar-refractivity contribution in [3.63, 3.8) is 0 Å². The number of benzene rings is 1. The summed E-state index contributed by atoms with van der Waals surface area (Å²) in [6.45, 7) is 5.15. The Labute approximate surface area is 103 Å². The minimum absolute atomic E-state index is 0.242. The third-order valence-corrected chi connectivity index (χ3v) is 4.38. The first-order valence-electron chi connectivity index (χ1n) is 6.70. The maximum Gasteiger partial charge on any atom is 0.0600 e. The molecule has 1 N–H and O–H groups in total. The number of nitrogens with one attached hydrogen (secondary N) is 1. The molecule has 2 aliphatic heterocycles. The molecule has 3 rings (SSSR count). The molecule has 1 unspecified atom stereocenters. The molecule has 0 bridgehead atoms. The molecule has 0 aliphatic carbocycles. The summed E-state index contributed by atoms with van der Waals surface area (Å²) in [6.07, 6.45) is 3.96. The minimum Gasteiger partial charge on any atom is -0.379 e. The monoisotopic (exact) mass is 231 g/mol. The number of hydrogen-bond acceptors (Lipinski definition) is 2. The fourth-order valence-electron chi connectivity index (χ4n) is 3.32. The lowest BCUT2D eigenvalue weighted by Crippen LogP contribution is -2.61. The van der Waals surface area contributed by atoms with Crippen LogP contribution in [-0.2, 0) is 10.2 Å². The molecule has 2 saturated heterocycles. The van der Waals surface area contributed by atoms with Gasteiger partial charge in [-0.05, 0) is 37.4 Å². The fourth-order valence-corrected chi connectivity index (χ4v) is 3.32. The van der Waals surface area contributed by atoms with E-state index in [1.54, 1.807) is 0 Å². The predicted molar refractivity (Wildman–Crippen MR) is 69.3 cm³/mol. The van der Waals surface area contributed by atoms with Gasteiger partial charge < -0.3 is 10.1 Å². The van der Waals surface area contributed by atoms with Crippen molar-refractivity contribution in [3.8, 4) is 0 Å². The van der Waals surface area contributed by atoms with Crippen LogP contribution in [0.3, 0.4) is 0 Å². The number of ether oxygens (including phenoxy) is 1. The van der Waals surface area contributed by atoms with Gasteiger partial charge >= 0.3 is 0 Å². The molecule has 2 nitrogen and oxygen atoms in total. The first-order chi connectivity index (χ1) is 8.33. The maximum atomic E-state index is 5.56. The van der Waals surface area contributed by atoms with Crippen molar-refractivity contribution >= 4 is 0 Å². The second kappa shape index (κ2) is 4.43. The van der Waals surface area contributed by atoms with Gasteiger partial charge in [-0.1, -0.05) is 30.7 Å². The van der Waals surface area contributed by atoms with Crippen LogP contribution < -0.4 is 5.32 Å². The summed E-state index contributed by atoms with van der Waals surface area (Å²) in [5.74, 6) is 0. The quantitative estimate of drug-likeness (QED) is 0.844. The highest BCUT2D eigenvalue weighted by Gasteiger charge is 2.47. The van der Waals surface area contributed by atoms with Crippen LogP contribution in [0.4, 0.5) is 0 Å². The van der Waals surface area contributed by atoms with Gasteiger partial charge in [-0.25, -0.2) is 0 Å². The topological polar surface area (TPSA) is 21.3 Å². The largest absolute Gasteiger partial charge is 0.379 e. The zero-order chi connectivity index (χ0) is 11.7. The lowest BCUT2D eigenvalue weighted by molar-refractivity contribution is -0.0830. The molecule has 0 aromatic heterocycles. The third-order valence-electron chi connectivity index (χ3n) is 4.38. The molecular weight excluding hydrogens is 210 g/mol. The molecule has 1 aromatic carbocycles. The average Bonchev–Trinajstić information content (AvgIpc) is 2.32. The summed E-state index contributed by atoms with van der Waals surface area (Å²) in [5, 5.41) is 3.71. The van der Waals surface area contributed by atoms with Crippen LogP contribution in [-0.4, -0.2) is 25.8 Å². The molecule has 2 aliphatic rings. The van der Waals surface area contributed by atoms with Crippen LogP contribution in [0.15, 0.2) is 24.3 Å². The third kappa shape index (κ3) is 1.80. The van der Waals surface area contributed by atoms with E-state index in [9.17, 15) is 0 Å². The Kier molecular flexibility index (Phi) is 2.93. The highest BCUT2D eigenvalue weighted by molar-refractivity contribution is 5.37. The molecule has 0 amide bonds. The molecule has 2 heterocycles. The van der Waals surface area contributed by atoms with Gasteiger partial charge in [-0.2, -0.15) is 0 Å². The molecule has 1 atom stereocenters. The summed E-state index contributed by atoms with van der Waals surface area (Å²) >= 11 is 0. The Hall–Kier alpha value is -0.860. The average molecular weight is 231 g/mol. The fraction of sp³-hybridized carbons (Fsp3) is 0.600. The van der Waals surface area contributed by atoms with Crippen LogP contribution >= 0.6 is 0 Å². The molecule has 1 aromatic rings. The van der Waals surface area contributed by atoms with Gasteiger partial charge in [0, 0.05) is 6.04 Å². The van der Waals surface area contributed by atoms with Gasteiger partial charge in [0.2, 0.25) is 0 Å². The molecule has 0 spiro atoms. The van der Waals surface area contributed by atoms with Crippen LogP contribution in [0, 0.1) is 6.92 Å². The smallest absolute Gasteiger partial charge is 0.0600 e. The zero-order valence-corrected chi connectivity index (χ0v) is 10.5. The number of piperidine rings is 1. The van der Waals surface area contributed by atoms with Crippen molar-refractivity contribution in [2.24, 2.45) is 0 Å². The van der Waals surface area contributed by atoms with E-state index < -0.39 is 0 Å². The van der Waals surface area contributed by atoms with E-state index in [0.717, 1.165) is 19.8 Å². The van der Waals surface area contributed by atoms with Crippen molar-refractivity contribution < 1.29 is 4.74 Å². The number of aryl methyl sites for hydroxylation is 1. The van der Waals surface area contributed by atoms with Gasteiger partial charge in [0.1, 0.15) is 0 Å². The summed E-state index contributed by atoms with van der Waals surface area (Å²) in [6, 6.07) is 9.39. The SMILES string of the molecule is Cc1ccccc1C1(C2CCCCN2)COC1. The highest BCUT2D eigenvalue weighted by Crippen LogP contribution is 2.40. The Morgan fingerprint density at radius 2 is 2.06 bits per heavy atom. The van der Waals surface area contributed by atoms with Crippen LogP contribution in [0.2, 0.25) is 0 Å². The molecule has 0 saturated carbocycles. The minimum atomic E-state index is 0.242. The summed E-state index contributed by atoms with van der Waals surface area (Å²) < 4.78 is 5.56. The van der Waals surface area contributed by atoms with Crippen molar-refractivity contribution in [2.75, 3.05) is 19.8 Å². The number of rotatable bonds is 2. The normalized spacial score (nSPS) is 27.5. The van der Waals surface area contributed by atoms with E-state index >= 15 is 0 Å². The molecule has 2 fully saturated rings. The van der Waals surface area contributed by atoms with Gasteiger partial charge in [-0.15, -0.1) is 0 Å². The molecule has 2 heteroatoms. The van der Waals surface area contributed by atoms with Gasteiger partial charge in [-0.3, -0.25) is 0 Å². The first-order valence-corrected chi connectivity index (χ1v) is 6.70. The van der Waals surface area contributed by atoms with Crippen molar-refractivity contribution in [3.05, 3.63) is 35.4 Å². The van der Waals surface area contributed by atoms with E-state index in [1.165, 1.54) is 30.4 Å². The highest BCUT2D eigenvalue weighted by atomic mass is 16.5. The summed E-state index contributed by atoms with van der Waals surface area (Å²) in [5.41, 5.74) is 3.14. The summed E-state index contributed by atoms with van der Waals surface area (Å²) in [4.78, 5) is 0. The lowest BCUT2D eigenvalue weighted by Gasteiger charge is -2.50. The van der Waals surface area contributed by atoms with E-state index in [2.05, 4.69) is 36.5 Å². The van der Waals surface area contributed by atoms with Crippen LogP contribution in [0.5, 0.6) is 0 Å². The lowest BCUT2D eigenvalue weighted by atomic mass is 9.69. The van der Waals surface area contributed by atoms with Crippen molar-refractivity contribution in [1.29, 1.82) is 0 Å². The molecule has 17 heavy (non-hydrogen) atoms. The van der Waals surface area contributed by atoms with E-state index in [1.807, 2.05) is 0 Å². The Balaban J connectivity index is 1.93. The second-order valence-corrected chi connectivity index (χ2v) is 5.47. The molecule has 0 radical (unpaired) electrons. The first kappa shape index (κ1) is 11.2. The van der Waals surface area contributed by atoms with Gasteiger partial charge in [0.05, 0.1) is 18.6 Å². The Morgan fingerprint density at radius 3 is 2.65 bits per heavy atom. The van der Waals surface area contributed by atoms with Crippen molar-refractivity contribution in [2.45, 2.75) is 37.6 Å². The van der Waals surface area contributed by atoms with Crippen LogP contribution in [0.25, 0.3) is 0 Å². The zero-order valence-electron chi connectivity index (χ0n) is 10.5. The van der Waals surface area contributed by atoms with E-state index in [0.29, 0.717) is 6.04 Å². The maximum absolute atomic E-state index is 5.56. The van der Waals surface area contributed by atoms with Gasteiger partial charge in [0.15, 0.2) is 0 Å². The Bertz CT molecular complexity index is 392.